The number of aromatic nitrogens is 1. The molecule has 1 fully saturated rings. The molecule has 1 aromatic heterocycles. The number of nitrogens with zero attached hydrogens (tertiary/aromatic N) is 1. The maximum absolute atomic E-state index is 5.81. The van der Waals surface area contributed by atoms with Crippen LogP contribution in [0.2, 0.25) is 0 Å². The van der Waals surface area contributed by atoms with Crippen LogP contribution in [-0.2, 0) is 0 Å². The number of fused-ring (bicyclic) bond motifs is 1. The highest BCUT2D eigenvalue weighted by Gasteiger charge is 2.41. The fourth-order valence-electron chi connectivity index (χ4n) is 2.82. The van der Waals surface area contributed by atoms with Gasteiger partial charge in [-0.2, -0.15) is 0 Å². The van der Waals surface area contributed by atoms with Crippen molar-refractivity contribution in [3.8, 4) is 0 Å². The Kier molecular flexibility index (Phi) is 3.05. The van der Waals surface area contributed by atoms with Gasteiger partial charge in [0.2, 0.25) is 0 Å². The molecule has 1 saturated carbocycles. The van der Waals surface area contributed by atoms with E-state index in [1.807, 2.05) is 18.3 Å². The summed E-state index contributed by atoms with van der Waals surface area (Å²) in [4.78, 5) is 4.38. The van der Waals surface area contributed by atoms with Crippen molar-refractivity contribution in [1.29, 1.82) is 0 Å². The van der Waals surface area contributed by atoms with Crippen molar-refractivity contribution in [3.05, 3.63) is 30.5 Å². The summed E-state index contributed by atoms with van der Waals surface area (Å²) in [7, 11) is 0. The molecule has 1 aliphatic carbocycles. The highest BCUT2D eigenvalue weighted by atomic mass is 14.9. The second kappa shape index (κ2) is 4.72. The standard InChI is InChI=1S/C16H21N3/c1-2-6-16(7-8-16)11-19-14-5-9-18-15-10-12(17)3-4-13(14)15/h3-5,9-10H,2,6-8,11,17H2,1H3,(H,18,19). The zero-order valence-corrected chi connectivity index (χ0v) is 11.4. The van der Waals surface area contributed by atoms with Gasteiger partial charge in [0.1, 0.15) is 0 Å². The number of anilines is 2. The number of nitrogen functional groups attached to an aromatic ring is 1. The molecule has 2 aromatic rings. The summed E-state index contributed by atoms with van der Waals surface area (Å²) < 4.78 is 0. The monoisotopic (exact) mass is 255 g/mol. The zero-order valence-electron chi connectivity index (χ0n) is 11.4. The molecule has 0 unspecified atom stereocenters. The number of nitrogens with two attached hydrogens (primary N) is 1. The Morgan fingerprint density at radius 2 is 2.16 bits per heavy atom. The van der Waals surface area contributed by atoms with E-state index in [2.05, 4.69) is 29.4 Å². The number of nitrogens with one attached hydrogen (secondary N) is 1. The third kappa shape index (κ3) is 2.50. The van der Waals surface area contributed by atoms with E-state index >= 15 is 0 Å². The summed E-state index contributed by atoms with van der Waals surface area (Å²) >= 11 is 0. The van der Waals surface area contributed by atoms with Gasteiger partial charge in [0.15, 0.2) is 0 Å². The van der Waals surface area contributed by atoms with Crippen molar-refractivity contribution in [2.75, 3.05) is 17.6 Å². The maximum Gasteiger partial charge on any atom is 0.0743 e. The van der Waals surface area contributed by atoms with E-state index in [-0.39, 0.29) is 0 Å². The molecule has 0 radical (unpaired) electrons. The SMILES string of the molecule is CCCC1(CNc2ccnc3cc(N)ccc23)CC1. The summed E-state index contributed by atoms with van der Waals surface area (Å²) in [5.41, 5.74) is 9.26. The smallest absolute Gasteiger partial charge is 0.0743 e. The molecular weight excluding hydrogens is 234 g/mol. The summed E-state index contributed by atoms with van der Waals surface area (Å²) in [6.07, 6.45) is 7.18. The highest BCUT2D eigenvalue weighted by Crippen LogP contribution is 2.49. The van der Waals surface area contributed by atoms with Crippen LogP contribution in [0.4, 0.5) is 11.4 Å². The number of hydrogen-bond acceptors (Lipinski definition) is 3. The molecule has 3 N–H and O–H groups in total. The average molecular weight is 255 g/mol. The summed E-state index contributed by atoms with van der Waals surface area (Å²) in [5, 5.41) is 4.77. The van der Waals surface area contributed by atoms with Crippen LogP contribution in [0.5, 0.6) is 0 Å². The lowest BCUT2D eigenvalue weighted by molar-refractivity contribution is 0.486. The van der Waals surface area contributed by atoms with Crippen LogP contribution in [0, 0.1) is 5.41 Å². The molecule has 0 spiro atoms. The van der Waals surface area contributed by atoms with Crippen molar-refractivity contribution in [3.63, 3.8) is 0 Å². The van der Waals surface area contributed by atoms with E-state index < -0.39 is 0 Å². The fourth-order valence-corrected chi connectivity index (χ4v) is 2.82. The molecule has 1 aromatic carbocycles. The molecule has 0 aliphatic heterocycles. The van der Waals surface area contributed by atoms with Gasteiger partial charge in [-0.05, 0) is 48.9 Å². The van der Waals surface area contributed by atoms with Crippen LogP contribution in [0.1, 0.15) is 32.6 Å². The van der Waals surface area contributed by atoms with Gasteiger partial charge in [-0.1, -0.05) is 13.3 Å². The lowest BCUT2D eigenvalue weighted by Crippen LogP contribution is -2.15. The highest BCUT2D eigenvalue weighted by molar-refractivity contribution is 5.92. The predicted molar refractivity (Wildman–Crippen MR) is 81.2 cm³/mol. The first-order chi connectivity index (χ1) is 9.22. The van der Waals surface area contributed by atoms with Crippen LogP contribution < -0.4 is 11.1 Å². The Morgan fingerprint density at radius 3 is 2.89 bits per heavy atom. The van der Waals surface area contributed by atoms with E-state index in [0.29, 0.717) is 5.41 Å². The Hall–Kier alpha value is -1.77. The van der Waals surface area contributed by atoms with E-state index in [1.54, 1.807) is 0 Å². The Balaban J connectivity index is 1.81. The minimum atomic E-state index is 0.554. The van der Waals surface area contributed by atoms with E-state index in [1.165, 1.54) is 31.4 Å². The Morgan fingerprint density at radius 1 is 1.32 bits per heavy atom. The third-order valence-corrected chi connectivity index (χ3v) is 4.16. The fraction of sp³-hybridized carbons (Fsp3) is 0.438. The van der Waals surface area contributed by atoms with Gasteiger partial charge in [0.25, 0.3) is 0 Å². The predicted octanol–water partition coefficient (Wildman–Crippen LogP) is 3.81. The van der Waals surface area contributed by atoms with Crippen molar-refractivity contribution in [2.24, 2.45) is 5.41 Å². The molecule has 1 aliphatic rings. The van der Waals surface area contributed by atoms with Crippen LogP contribution in [0.15, 0.2) is 30.5 Å². The quantitative estimate of drug-likeness (QED) is 0.799. The molecule has 19 heavy (non-hydrogen) atoms. The van der Waals surface area contributed by atoms with E-state index in [9.17, 15) is 0 Å². The third-order valence-electron chi connectivity index (χ3n) is 4.16. The van der Waals surface area contributed by atoms with Crippen molar-refractivity contribution < 1.29 is 0 Å². The molecule has 0 saturated heterocycles. The van der Waals surface area contributed by atoms with Gasteiger partial charge < -0.3 is 11.1 Å². The van der Waals surface area contributed by atoms with Crippen molar-refractivity contribution in [1.82, 2.24) is 4.98 Å². The molecular formula is C16H21N3. The van der Waals surface area contributed by atoms with Gasteiger partial charge in [-0.3, -0.25) is 4.98 Å². The summed E-state index contributed by atoms with van der Waals surface area (Å²) in [6.45, 7) is 3.34. The molecule has 0 bridgehead atoms. The normalized spacial score (nSPS) is 16.5. The molecule has 100 valence electrons. The molecule has 0 atom stereocenters. The Labute approximate surface area is 114 Å². The minimum Gasteiger partial charge on any atom is -0.399 e. The van der Waals surface area contributed by atoms with Gasteiger partial charge in [0.05, 0.1) is 5.52 Å². The average Bonchev–Trinajstić information content (AvgIpc) is 3.16. The van der Waals surface area contributed by atoms with Crippen molar-refractivity contribution in [2.45, 2.75) is 32.6 Å². The first-order valence-electron chi connectivity index (χ1n) is 7.11. The maximum atomic E-state index is 5.81. The lowest BCUT2D eigenvalue weighted by Gasteiger charge is -2.17. The van der Waals surface area contributed by atoms with E-state index in [4.69, 9.17) is 5.73 Å². The second-order valence-corrected chi connectivity index (χ2v) is 5.74. The Bertz CT molecular complexity index is 588. The van der Waals surface area contributed by atoms with E-state index in [0.717, 1.165) is 23.1 Å². The largest absolute Gasteiger partial charge is 0.399 e. The molecule has 3 heteroatoms. The van der Waals surface area contributed by atoms with Crippen LogP contribution in [-0.4, -0.2) is 11.5 Å². The number of hydrogen-bond donors (Lipinski definition) is 2. The number of pyridine rings is 1. The first-order valence-corrected chi connectivity index (χ1v) is 7.11. The minimum absolute atomic E-state index is 0.554. The summed E-state index contributed by atoms with van der Waals surface area (Å²) in [5.74, 6) is 0. The molecule has 0 amide bonds. The topological polar surface area (TPSA) is 50.9 Å². The lowest BCUT2D eigenvalue weighted by atomic mass is 10.0. The molecule has 3 rings (SSSR count). The molecule has 3 nitrogen and oxygen atoms in total. The van der Waals surface area contributed by atoms with Gasteiger partial charge in [-0.25, -0.2) is 0 Å². The van der Waals surface area contributed by atoms with Gasteiger partial charge in [0, 0.05) is 29.5 Å². The first kappa shape index (κ1) is 12.3. The second-order valence-electron chi connectivity index (χ2n) is 5.74. The van der Waals surface area contributed by atoms with Crippen LogP contribution in [0.3, 0.4) is 0 Å². The number of rotatable bonds is 5. The van der Waals surface area contributed by atoms with Crippen LogP contribution in [0.25, 0.3) is 10.9 Å². The van der Waals surface area contributed by atoms with Crippen LogP contribution >= 0.6 is 0 Å². The molecule has 1 heterocycles. The summed E-state index contributed by atoms with van der Waals surface area (Å²) in [6, 6.07) is 7.98. The van der Waals surface area contributed by atoms with Gasteiger partial charge in [-0.15, -0.1) is 0 Å². The number of benzene rings is 1. The van der Waals surface area contributed by atoms with Gasteiger partial charge >= 0.3 is 0 Å². The van der Waals surface area contributed by atoms with Crippen molar-refractivity contribution >= 4 is 22.3 Å². The zero-order chi connectivity index (χ0) is 13.3.